The van der Waals surface area contributed by atoms with Crippen LogP contribution in [-0.4, -0.2) is 6.18 Å². The Balaban J connectivity index is 1.55. The average Bonchev–Trinajstić information content (AvgIpc) is 2.81. The maximum Gasteiger partial charge on any atom is 0.412 e. The molecule has 3 rings (SSSR count). The molecule has 0 unspecified atom stereocenters. The molecule has 34 heavy (non-hydrogen) atoms. The Kier molecular flexibility index (Phi) is 8.87. The normalized spacial score (nSPS) is 20.5. The Hall–Kier alpha value is -2.69. The van der Waals surface area contributed by atoms with E-state index < -0.39 is 17.9 Å². The highest BCUT2D eigenvalue weighted by Crippen LogP contribution is 2.40. The van der Waals surface area contributed by atoms with Crippen LogP contribution in [0.3, 0.4) is 0 Å². The predicted molar refractivity (Wildman–Crippen MR) is 129 cm³/mol. The van der Waals surface area contributed by atoms with Crippen molar-refractivity contribution < 1.29 is 22.0 Å². The second-order valence-electron chi connectivity index (χ2n) is 9.20. The SMILES string of the molecule is C/C(=C\C=C(/C)c1ccccc1)CCc1ccc(C2CCC(/C(F)=C\C(F)(F)F)CC2)c(F)c1. The van der Waals surface area contributed by atoms with E-state index in [1.807, 2.05) is 24.3 Å². The Morgan fingerprint density at radius 1 is 0.941 bits per heavy atom. The molecule has 0 atom stereocenters. The smallest absolute Gasteiger partial charge is 0.212 e. The third-order valence-corrected chi connectivity index (χ3v) is 6.58. The van der Waals surface area contributed by atoms with E-state index in [2.05, 4.69) is 38.1 Å². The summed E-state index contributed by atoms with van der Waals surface area (Å²) in [4.78, 5) is 0. The van der Waals surface area contributed by atoms with Gasteiger partial charge in [-0.25, -0.2) is 8.78 Å². The van der Waals surface area contributed by atoms with E-state index >= 15 is 0 Å². The molecular formula is C29H31F5. The number of hydrogen-bond acceptors (Lipinski definition) is 0. The van der Waals surface area contributed by atoms with E-state index in [0.29, 0.717) is 31.2 Å². The first-order valence-corrected chi connectivity index (χ1v) is 11.7. The van der Waals surface area contributed by atoms with Gasteiger partial charge in [0.15, 0.2) is 0 Å². The van der Waals surface area contributed by atoms with Gasteiger partial charge in [-0.2, -0.15) is 13.2 Å². The predicted octanol–water partition coefficient (Wildman–Crippen LogP) is 9.50. The van der Waals surface area contributed by atoms with Crippen LogP contribution in [0.4, 0.5) is 22.0 Å². The summed E-state index contributed by atoms with van der Waals surface area (Å²) in [6, 6.07) is 15.4. The van der Waals surface area contributed by atoms with Crippen LogP contribution in [0.2, 0.25) is 0 Å². The fourth-order valence-corrected chi connectivity index (χ4v) is 4.50. The molecule has 0 nitrogen and oxygen atoms in total. The van der Waals surface area contributed by atoms with E-state index in [0.717, 1.165) is 18.4 Å². The number of aryl methyl sites for hydroxylation is 1. The third-order valence-electron chi connectivity index (χ3n) is 6.58. The topological polar surface area (TPSA) is 0 Å². The van der Waals surface area contributed by atoms with Gasteiger partial charge in [0.2, 0.25) is 0 Å². The molecule has 0 saturated heterocycles. The lowest BCUT2D eigenvalue weighted by atomic mass is 9.78. The molecule has 182 valence electrons. The number of hydrogen-bond donors (Lipinski definition) is 0. The van der Waals surface area contributed by atoms with Crippen molar-refractivity contribution in [2.24, 2.45) is 5.92 Å². The zero-order valence-corrected chi connectivity index (χ0v) is 19.6. The lowest BCUT2D eigenvalue weighted by molar-refractivity contribution is -0.0820. The highest BCUT2D eigenvalue weighted by molar-refractivity contribution is 5.65. The first-order chi connectivity index (χ1) is 16.1. The first kappa shape index (κ1) is 25.9. The van der Waals surface area contributed by atoms with Gasteiger partial charge >= 0.3 is 6.18 Å². The molecule has 0 spiro atoms. The summed E-state index contributed by atoms with van der Waals surface area (Å²) in [5.74, 6) is -2.21. The van der Waals surface area contributed by atoms with Crippen molar-refractivity contribution in [3.63, 3.8) is 0 Å². The number of allylic oxidation sites excluding steroid dienone is 6. The number of benzene rings is 2. The molecule has 0 amide bonds. The van der Waals surface area contributed by atoms with Gasteiger partial charge in [0, 0.05) is 5.92 Å². The number of halogens is 5. The van der Waals surface area contributed by atoms with Crippen LogP contribution in [0.5, 0.6) is 0 Å². The lowest BCUT2D eigenvalue weighted by Gasteiger charge is -2.28. The van der Waals surface area contributed by atoms with Gasteiger partial charge in [-0.15, -0.1) is 0 Å². The molecule has 0 heterocycles. The lowest BCUT2D eigenvalue weighted by Crippen LogP contribution is -2.16. The van der Waals surface area contributed by atoms with E-state index in [4.69, 9.17) is 0 Å². The van der Waals surface area contributed by atoms with E-state index in [1.165, 1.54) is 16.7 Å². The maximum absolute atomic E-state index is 14.8. The minimum Gasteiger partial charge on any atom is -0.212 e. The maximum atomic E-state index is 14.8. The molecule has 1 aliphatic carbocycles. The highest BCUT2D eigenvalue weighted by Gasteiger charge is 2.31. The van der Waals surface area contributed by atoms with Crippen LogP contribution in [0.1, 0.15) is 68.6 Å². The van der Waals surface area contributed by atoms with Gasteiger partial charge in [0.1, 0.15) is 11.6 Å². The molecule has 5 heteroatoms. The van der Waals surface area contributed by atoms with Crippen molar-refractivity contribution >= 4 is 5.57 Å². The Morgan fingerprint density at radius 3 is 2.24 bits per heavy atom. The third kappa shape index (κ3) is 7.68. The van der Waals surface area contributed by atoms with Gasteiger partial charge in [-0.3, -0.25) is 0 Å². The van der Waals surface area contributed by atoms with Crippen LogP contribution >= 0.6 is 0 Å². The van der Waals surface area contributed by atoms with Crippen molar-refractivity contribution in [3.05, 3.63) is 101 Å². The van der Waals surface area contributed by atoms with Crippen molar-refractivity contribution in [3.8, 4) is 0 Å². The van der Waals surface area contributed by atoms with Crippen LogP contribution in [0, 0.1) is 11.7 Å². The van der Waals surface area contributed by atoms with Gasteiger partial charge in [0.05, 0.1) is 6.08 Å². The molecule has 1 fully saturated rings. The summed E-state index contributed by atoms with van der Waals surface area (Å²) in [5, 5.41) is 0. The monoisotopic (exact) mass is 474 g/mol. The summed E-state index contributed by atoms with van der Waals surface area (Å²) in [6.07, 6.45) is 2.38. The van der Waals surface area contributed by atoms with Crippen LogP contribution < -0.4 is 0 Å². The first-order valence-electron chi connectivity index (χ1n) is 11.7. The molecule has 0 aliphatic heterocycles. The number of alkyl halides is 3. The summed E-state index contributed by atoms with van der Waals surface area (Å²) < 4.78 is 65.8. The summed E-state index contributed by atoms with van der Waals surface area (Å²) in [6.45, 7) is 4.13. The Bertz CT molecular complexity index is 1040. The van der Waals surface area contributed by atoms with E-state index in [1.54, 1.807) is 12.1 Å². The van der Waals surface area contributed by atoms with Crippen molar-refractivity contribution in [2.45, 2.75) is 64.5 Å². The summed E-state index contributed by atoms with van der Waals surface area (Å²) in [7, 11) is 0. The largest absolute Gasteiger partial charge is 0.412 e. The molecule has 0 bridgehead atoms. The van der Waals surface area contributed by atoms with Gasteiger partial charge in [0.25, 0.3) is 0 Å². The standard InChI is InChI=1S/C29H31F5/c1-20(8-10-21(2)23-6-4-3-5-7-23)9-11-22-12-17-26(27(30)18-22)24-13-15-25(16-14-24)28(31)19-29(32,33)34/h3-8,10,12,17-19,24-25H,9,11,13-16H2,1-2H3/b20-8+,21-10+,28-19+. The van der Waals surface area contributed by atoms with Gasteiger partial charge in [-0.1, -0.05) is 60.2 Å². The Morgan fingerprint density at radius 2 is 1.62 bits per heavy atom. The second kappa shape index (κ2) is 11.6. The average molecular weight is 475 g/mol. The zero-order chi connectivity index (χ0) is 24.7. The Labute approximate surface area is 198 Å². The molecule has 0 N–H and O–H groups in total. The molecule has 0 aromatic heterocycles. The van der Waals surface area contributed by atoms with E-state index in [9.17, 15) is 22.0 Å². The molecular weight excluding hydrogens is 443 g/mol. The van der Waals surface area contributed by atoms with Crippen LogP contribution in [-0.2, 0) is 6.42 Å². The summed E-state index contributed by atoms with van der Waals surface area (Å²) in [5.41, 5.74) is 5.05. The molecule has 1 aliphatic rings. The van der Waals surface area contributed by atoms with Crippen molar-refractivity contribution in [1.29, 1.82) is 0 Å². The molecule has 0 radical (unpaired) electrons. The van der Waals surface area contributed by atoms with Crippen molar-refractivity contribution in [1.82, 2.24) is 0 Å². The zero-order valence-electron chi connectivity index (χ0n) is 19.6. The fraction of sp³-hybridized carbons (Fsp3) is 0.379. The molecule has 1 saturated carbocycles. The highest BCUT2D eigenvalue weighted by atomic mass is 19.4. The van der Waals surface area contributed by atoms with Crippen LogP contribution in [0.25, 0.3) is 5.57 Å². The molecule has 2 aromatic carbocycles. The minimum absolute atomic E-state index is 0.0864. The van der Waals surface area contributed by atoms with E-state index in [-0.39, 0.29) is 17.8 Å². The van der Waals surface area contributed by atoms with Gasteiger partial charge < -0.3 is 0 Å². The fourth-order valence-electron chi connectivity index (χ4n) is 4.50. The molecule has 2 aromatic rings. The quantitative estimate of drug-likeness (QED) is 0.277. The second-order valence-corrected chi connectivity index (χ2v) is 9.20. The van der Waals surface area contributed by atoms with Crippen LogP contribution in [0.15, 0.2) is 78.2 Å². The summed E-state index contributed by atoms with van der Waals surface area (Å²) >= 11 is 0. The van der Waals surface area contributed by atoms with Gasteiger partial charge in [-0.05, 0) is 86.6 Å². The minimum atomic E-state index is -4.65. The van der Waals surface area contributed by atoms with Crippen molar-refractivity contribution in [2.75, 3.05) is 0 Å². The number of rotatable bonds is 7.